The number of hydrogen-bond donors (Lipinski definition) is 1. The minimum Gasteiger partial charge on any atom is -0.320 e. The van der Waals surface area contributed by atoms with Crippen molar-refractivity contribution in [3.8, 4) is 0 Å². The zero-order valence-corrected chi connectivity index (χ0v) is 10.3. The third-order valence-electron chi connectivity index (χ3n) is 2.03. The fourth-order valence-corrected chi connectivity index (χ4v) is 1.41. The van der Waals surface area contributed by atoms with Gasteiger partial charge in [-0.25, -0.2) is 14.4 Å². The minimum absolute atomic E-state index is 0.0146. The Hall–Kier alpha value is -1.72. The van der Waals surface area contributed by atoms with Crippen molar-refractivity contribution >= 4 is 34.8 Å². The van der Waals surface area contributed by atoms with Crippen LogP contribution in [0.15, 0.2) is 30.6 Å². The molecule has 2 aromatic rings. The standard InChI is InChI=1S/C11H6Cl2FN3O/c12-7-2-1-6(3-8(7)14)17-11(18)9-4-16-10(13)5-15-9/h1-5H,(H,17,18). The Kier molecular flexibility index (Phi) is 3.74. The smallest absolute Gasteiger partial charge is 0.275 e. The van der Waals surface area contributed by atoms with Gasteiger partial charge in [-0.1, -0.05) is 23.2 Å². The molecule has 18 heavy (non-hydrogen) atoms. The number of nitrogens with one attached hydrogen (secondary N) is 1. The first-order chi connectivity index (χ1) is 8.56. The van der Waals surface area contributed by atoms with E-state index in [-0.39, 0.29) is 21.6 Å². The van der Waals surface area contributed by atoms with E-state index in [1.807, 2.05) is 0 Å². The lowest BCUT2D eigenvalue weighted by molar-refractivity contribution is 0.102. The second-order valence-corrected chi connectivity index (χ2v) is 4.10. The first-order valence-corrected chi connectivity index (χ1v) is 5.56. The molecule has 1 aromatic carbocycles. The Bertz CT molecular complexity index is 589. The summed E-state index contributed by atoms with van der Waals surface area (Å²) in [5.41, 5.74) is 0.355. The normalized spacial score (nSPS) is 10.2. The van der Waals surface area contributed by atoms with Gasteiger partial charge in [-0.2, -0.15) is 0 Å². The zero-order valence-electron chi connectivity index (χ0n) is 8.82. The highest BCUT2D eigenvalue weighted by Crippen LogP contribution is 2.19. The van der Waals surface area contributed by atoms with Crippen molar-refractivity contribution in [2.75, 3.05) is 5.32 Å². The molecule has 1 amide bonds. The molecule has 7 heteroatoms. The van der Waals surface area contributed by atoms with Gasteiger partial charge in [-0.15, -0.1) is 0 Å². The number of nitrogens with zero attached hydrogens (tertiary/aromatic N) is 2. The van der Waals surface area contributed by atoms with E-state index in [1.165, 1.54) is 24.5 Å². The van der Waals surface area contributed by atoms with Crippen molar-refractivity contribution < 1.29 is 9.18 Å². The van der Waals surface area contributed by atoms with Crippen molar-refractivity contribution in [3.05, 3.63) is 52.3 Å². The van der Waals surface area contributed by atoms with Crippen molar-refractivity contribution in [1.29, 1.82) is 0 Å². The fourth-order valence-electron chi connectivity index (χ4n) is 1.20. The number of rotatable bonds is 2. The number of anilines is 1. The molecule has 0 spiro atoms. The molecule has 0 unspecified atom stereocenters. The van der Waals surface area contributed by atoms with E-state index in [9.17, 15) is 9.18 Å². The molecule has 4 nitrogen and oxygen atoms in total. The number of benzene rings is 1. The minimum atomic E-state index is -0.614. The van der Waals surface area contributed by atoms with Crippen LogP contribution in [-0.2, 0) is 0 Å². The molecular weight excluding hydrogens is 280 g/mol. The number of carbonyl (C=O) groups is 1. The Labute approximate surface area is 112 Å². The SMILES string of the molecule is O=C(Nc1ccc(Cl)c(F)c1)c1cnc(Cl)cn1. The van der Waals surface area contributed by atoms with Crippen molar-refractivity contribution in [1.82, 2.24) is 9.97 Å². The molecule has 0 atom stereocenters. The van der Waals surface area contributed by atoms with Gasteiger partial charge >= 0.3 is 0 Å². The Morgan fingerprint density at radius 1 is 1.22 bits per heavy atom. The van der Waals surface area contributed by atoms with Gasteiger partial charge in [0, 0.05) is 5.69 Å². The summed E-state index contributed by atoms with van der Waals surface area (Å²) in [5.74, 6) is -1.13. The highest BCUT2D eigenvalue weighted by molar-refractivity contribution is 6.30. The molecule has 0 saturated carbocycles. The number of carbonyl (C=O) groups excluding carboxylic acids is 1. The van der Waals surface area contributed by atoms with E-state index >= 15 is 0 Å². The number of halogens is 3. The highest BCUT2D eigenvalue weighted by Gasteiger charge is 2.09. The van der Waals surface area contributed by atoms with Gasteiger partial charge in [-0.05, 0) is 18.2 Å². The molecular formula is C11H6Cl2FN3O. The maximum absolute atomic E-state index is 13.2. The average molecular weight is 286 g/mol. The first kappa shape index (κ1) is 12.7. The summed E-state index contributed by atoms with van der Waals surface area (Å²) in [7, 11) is 0. The molecule has 1 heterocycles. The van der Waals surface area contributed by atoms with Gasteiger partial charge in [0.1, 0.15) is 16.7 Å². The van der Waals surface area contributed by atoms with E-state index in [4.69, 9.17) is 23.2 Å². The quantitative estimate of drug-likeness (QED) is 0.922. The predicted octanol–water partition coefficient (Wildman–Crippen LogP) is 3.17. The summed E-state index contributed by atoms with van der Waals surface area (Å²) in [4.78, 5) is 19.2. The summed E-state index contributed by atoms with van der Waals surface area (Å²) in [5, 5.41) is 2.63. The van der Waals surface area contributed by atoms with Gasteiger partial charge in [-0.3, -0.25) is 4.79 Å². The van der Waals surface area contributed by atoms with Crippen LogP contribution in [0.5, 0.6) is 0 Å². The fraction of sp³-hybridized carbons (Fsp3) is 0. The van der Waals surface area contributed by atoms with Crippen molar-refractivity contribution in [3.63, 3.8) is 0 Å². The Morgan fingerprint density at radius 3 is 2.61 bits per heavy atom. The number of amides is 1. The molecule has 1 aromatic heterocycles. The van der Waals surface area contributed by atoms with Gasteiger partial charge in [0.15, 0.2) is 0 Å². The van der Waals surface area contributed by atoms with E-state index in [1.54, 1.807) is 0 Å². The average Bonchev–Trinajstić information content (AvgIpc) is 2.34. The molecule has 92 valence electrons. The van der Waals surface area contributed by atoms with E-state index in [0.717, 1.165) is 6.07 Å². The molecule has 0 aliphatic carbocycles. The molecule has 0 fully saturated rings. The van der Waals surface area contributed by atoms with Crippen LogP contribution in [0, 0.1) is 5.82 Å². The van der Waals surface area contributed by atoms with Gasteiger partial charge in [0.2, 0.25) is 0 Å². The second-order valence-electron chi connectivity index (χ2n) is 3.31. The zero-order chi connectivity index (χ0) is 13.1. The number of aromatic nitrogens is 2. The lowest BCUT2D eigenvalue weighted by atomic mass is 10.3. The summed E-state index contributed by atoms with van der Waals surface area (Å²) in [6.45, 7) is 0. The van der Waals surface area contributed by atoms with Crippen molar-refractivity contribution in [2.45, 2.75) is 0 Å². The van der Waals surface area contributed by atoms with E-state index < -0.39 is 11.7 Å². The molecule has 0 radical (unpaired) electrons. The first-order valence-electron chi connectivity index (χ1n) is 4.80. The predicted molar refractivity (Wildman–Crippen MR) is 66.4 cm³/mol. The maximum Gasteiger partial charge on any atom is 0.275 e. The molecule has 0 bridgehead atoms. The highest BCUT2D eigenvalue weighted by atomic mass is 35.5. The lowest BCUT2D eigenvalue weighted by Crippen LogP contribution is -2.14. The summed E-state index contributed by atoms with van der Waals surface area (Å²) in [6.07, 6.45) is 2.48. The molecule has 0 aliphatic rings. The van der Waals surface area contributed by atoms with Gasteiger partial charge in [0.25, 0.3) is 5.91 Å². The third-order valence-corrected chi connectivity index (χ3v) is 2.53. The Balaban J connectivity index is 2.16. The van der Waals surface area contributed by atoms with Crippen LogP contribution in [0.3, 0.4) is 0 Å². The lowest BCUT2D eigenvalue weighted by Gasteiger charge is -2.05. The van der Waals surface area contributed by atoms with Gasteiger partial charge < -0.3 is 5.32 Å². The Morgan fingerprint density at radius 2 is 2.00 bits per heavy atom. The number of hydrogen-bond acceptors (Lipinski definition) is 3. The largest absolute Gasteiger partial charge is 0.320 e. The molecule has 1 N–H and O–H groups in total. The molecule has 0 saturated heterocycles. The molecule has 0 aliphatic heterocycles. The van der Waals surface area contributed by atoms with Crippen LogP contribution in [0.2, 0.25) is 10.2 Å². The summed E-state index contributed by atoms with van der Waals surface area (Å²) in [6, 6.07) is 3.94. The van der Waals surface area contributed by atoms with Crippen LogP contribution in [0.4, 0.5) is 10.1 Å². The summed E-state index contributed by atoms with van der Waals surface area (Å²) < 4.78 is 13.2. The topological polar surface area (TPSA) is 54.9 Å². The van der Waals surface area contributed by atoms with Crippen LogP contribution in [-0.4, -0.2) is 15.9 Å². The molecule has 2 rings (SSSR count). The third kappa shape index (κ3) is 2.94. The second kappa shape index (κ2) is 5.29. The maximum atomic E-state index is 13.2. The summed E-state index contributed by atoms with van der Waals surface area (Å²) >= 11 is 11.1. The van der Waals surface area contributed by atoms with Crippen LogP contribution in [0.1, 0.15) is 10.5 Å². The van der Waals surface area contributed by atoms with Crippen molar-refractivity contribution in [2.24, 2.45) is 0 Å². The van der Waals surface area contributed by atoms with E-state index in [2.05, 4.69) is 15.3 Å². The van der Waals surface area contributed by atoms with Crippen LogP contribution < -0.4 is 5.32 Å². The van der Waals surface area contributed by atoms with Gasteiger partial charge in [0.05, 0.1) is 17.4 Å². The van der Waals surface area contributed by atoms with E-state index in [0.29, 0.717) is 0 Å². The van der Waals surface area contributed by atoms with Crippen LogP contribution >= 0.6 is 23.2 Å². The monoisotopic (exact) mass is 285 g/mol. The van der Waals surface area contributed by atoms with Crippen LogP contribution in [0.25, 0.3) is 0 Å².